The lowest BCUT2D eigenvalue weighted by atomic mass is 9.93. The number of allylic oxidation sites excluding steroid dienone is 1. The summed E-state index contributed by atoms with van der Waals surface area (Å²) in [7, 11) is 0. The Morgan fingerprint density at radius 1 is 1.35 bits per heavy atom. The van der Waals surface area contributed by atoms with Crippen LogP contribution in [0.25, 0.3) is 0 Å². The zero-order chi connectivity index (χ0) is 12.6. The standard InChI is InChI=1S/C12H14O5/c1-3-4-8-10(14)11(15)9-7(13)5-6(2)16-12(9)17-8/h3-4,6,8,10,14H,5H2,1-2H3/t6-,8+,10+/m0/s1. The van der Waals surface area contributed by atoms with E-state index >= 15 is 0 Å². The molecule has 5 heteroatoms. The molecule has 0 aromatic carbocycles. The van der Waals surface area contributed by atoms with Gasteiger partial charge in [0.25, 0.3) is 5.95 Å². The predicted octanol–water partition coefficient (Wildman–Crippen LogP) is 0.481. The molecule has 0 bridgehead atoms. The average Bonchev–Trinajstić information content (AvgIpc) is 2.24. The molecule has 2 aliphatic rings. The van der Waals surface area contributed by atoms with Gasteiger partial charge in [0.15, 0.2) is 18.0 Å². The lowest BCUT2D eigenvalue weighted by Crippen LogP contribution is -2.45. The lowest BCUT2D eigenvalue weighted by Gasteiger charge is -2.32. The molecule has 3 atom stereocenters. The van der Waals surface area contributed by atoms with Gasteiger partial charge in [0, 0.05) is 6.42 Å². The van der Waals surface area contributed by atoms with Crippen molar-refractivity contribution in [2.75, 3.05) is 0 Å². The molecule has 0 unspecified atom stereocenters. The Morgan fingerprint density at radius 2 is 2.06 bits per heavy atom. The van der Waals surface area contributed by atoms with Crippen molar-refractivity contribution in [1.82, 2.24) is 0 Å². The monoisotopic (exact) mass is 238 g/mol. The average molecular weight is 238 g/mol. The number of carbonyl (C=O) groups excluding carboxylic acids is 2. The van der Waals surface area contributed by atoms with Gasteiger partial charge in [-0.1, -0.05) is 6.08 Å². The molecule has 0 amide bonds. The fourth-order valence-corrected chi connectivity index (χ4v) is 1.90. The molecule has 0 aliphatic carbocycles. The van der Waals surface area contributed by atoms with Crippen molar-refractivity contribution >= 4 is 11.6 Å². The summed E-state index contributed by atoms with van der Waals surface area (Å²) in [6.45, 7) is 3.48. The molecule has 5 nitrogen and oxygen atoms in total. The van der Waals surface area contributed by atoms with E-state index in [1.54, 1.807) is 26.0 Å². The summed E-state index contributed by atoms with van der Waals surface area (Å²) in [5.41, 5.74) is -0.142. The first-order valence-electron chi connectivity index (χ1n) is 5.50. The highest BCUT2D eigenvalue weighted by atomic mass is 16.7. The summed E-state index contributed by atoms with van der Waals surface area (Å²) in [4.78, 5) is 23.5. The topological polar surface area (TPSA) is 72.8 Å². The normalized spacial score (nSPS) is 33.5. The van der Waals surface area contributed by atoms with Crippen LogP contribution in [0, 0.1) is 0 Å². The van der Waals surface area contributed by atoms with Gasteiger partial charge in [-0.3, -0.25) is 9.59 Å². The van der Waals surface area contributed by atoms with Gasteiger partial charge in [-0.15, -0.1) is 0 Å². The Bertz CT molecular complexity index is 421. The molecule has 0 spiro atoms. The maximum atomic E-state index is 11.8. The number of Topliss-reactive ketones (excluding diaryl/α,β-unsaturated/α-hetero) is 2. The van der Waals surface area contributed by atoms with E-state index in [9.17, 15) is 14.7 Å². The zero-order valence-electron chi connectivity index (χ0n) is 9.67. The smallest absolute Gasteiger partial charge is 0.295 e. The summed E-state index contributed by atoms with van der Waals surface area (Å²) in [6.07, 6.45) is 0.917. The Balaban J connectivity index is 2.37. The van der Waals surface area contributed by atoms with E-state index in [0.29, 0.717) is 0 Å². The minimum atomic E-state index is -1.34. The molecule has 0 aromatic rings. The summed E-state index contributed by atoms with van der Waals surface area (Å²) in [5.74, 6) is -1.000. The van der Waals surface area contributed by atoms with E-state index in [1.807, 2.05) is 0 Å². The van der Waals surface area contributed by atoms with Crippen LogP contribution in [0.2, 0.25) is 0 Å². The molecular weight excluding hydrogens is 224 g/mol. The van der Waals surface area contributed by atoms with Gasteiger partial charge < -0.3 is 14.6 Å². The van der Waals surface area contributed by atoms with Crippen molar-refractivity contribution in [3.05, 3.63) is 23.7 Å². The number of rotatable bonds is 1. The SMILES string of the molecule is CC=C[C@H]1OC2=C(C(=O)C[C@H](C)O2)C(=O)[C@@H]1O. The second kappa shape index (κ2) is 4.33. The first kappa shape index (κ1) is 11.9. The molecule has 2 aliphatic heterocycles. The second-order valence-corrected chi connectivity index (χ2v) is 4.14. The third kappa shape index (κ3) is 1.98. The third-order valence-electron chi connectivity index (χ3n) is 2.72. The Labute approximate surface area is 98.7 Å². The molecule has 17 heavy (non-hydrogen) atoms. The first-order chi connectivity index (χ1) is 8.04. The molecule has 2 heterocycles. The van der Waals surface area contributed by atoms with Gasteiger partial charge >= 0.3 is 0 Å². The number of hydrogen-bond acceptors (Lipinski definition) is 5. The number of aliphatic hydroxyl groups is 1. The van der Waals surface area contributed by atoms with Crippen molar-refractivity contribution in [3.63, 3.8) is 0 Å². The molecule has 2 rings (SSSR count). The summed E-state index contributed by atoms with van der Waals surface area (Å²) >= 11 is 0. The fourth-order valence-electron chi connectivity index (χ4n) is 1.90. The fraction of sp³-hybridized carbons (Fsp3) is 0.500. The maximum absolute atomic E-state index is 11.8. The largest absolute Gasteiger partial charge is 0.461 e. The minimum absolute atomic E-state index is 0.0489. The molecule has 0 radical (unpaired) electrons. The van der Waals surface area contributed by atoms with Crippen LogP contribution >= 0.6 is 0 Å². The van der Waals surface area contributed by atoms with E-state index in [-0.39, 0.29) is 29.8 Å². The van der Waals surface area contributed by atoms with Crippen LogP contribution in [-0.2, 0) is 19.1 Å². The molecular formula is C12H14O5. The second-order valence-electron chi connectivity index (χ2n) is 4.14. The lowest BCUT2D eigenvalue weighted by molar-refractivity contribution is -0.146. The number of ketones is 2. The van der Waals surface area contributed by atoms with Crippen LogP contribution in [0.15, 0.2) is 23.7 Å². The molecule has 0 saturated carbocycles. The van der Waals surface area contributed by atoms with Crippen LogP contribution in [0.3, 0.4) is 0 Å². The van der Waals surface area contributed by atoms with E-state index in [4.69, 9.17) is 9.47 Å². The van der Waals surface area contributed by atoms with Crippen molar-refractivity contribution in [2.24, 2.45) is 0 Å². The number of carbonyl (C=O) groups is 2. The highest BCUT2D eigenvalue weighted by molar-refractivity contribution is 6.22. The highest BCUT2D eigenvalue weighted by Crippen LogP contribution is 2.30. The van der Waals surface area contributed by atoms with Crippen molar-refractivity contribution in [2.45, 2.75) is 38.6 Å². The van der Waals surface area contributed by atoms with E-state index in [0.717, 1.165) is 0 Å². The number of ether oxygens (including phenoxy) is 2. The zero-order valence-corrected chi connectivity index (χ0v) is 9.67. The van der Waals surface area contributed by atoms with E-state index in [1.165, 1.54) is 0 Å². The Morgan fingerprint density at radius 3 is 2.71 bits per heavy atom. The summed E-state index contributed by atoms with van der Waals surface area (Å²) < 4.78 is 10.7. The van der Waals surface area contributed by atoms with Crippen LogP contribution in [0.5, 0.6) is 0 Å². The van der Waals surface area contributed by atoms with E-state index < -0.39 is 18.0 Å². The predicted molar refractivity (Wildman–Crippen MR) is 57.9 cm³/mol. The minimum Gasteiger partial charge on any atom is -0.461 e. The van der Waals surface area contributed by atoms with Crippen LogP contribution in [0.1, 0.15) is 20.3 Å². The van der Waals surface area contributed by atoms with Crippen molar-refractivity contribution < 1.29 is 24.2 Å². The number of hydrogen-bond donors (Lipinski definition) is 1. The van der Waals surface area contributed by atoms with Crippen molar-refractivity contribution in [1.29, 1.82) is 0 Å². The van der Waals surface area contributed by atoms with Crippen molar-refractivity contribution in [3.8, 4) is 0 Å². The molecule has 0 fully saturated rings. The van der Waals surface area contributed by atoms with Gasteiger partial charge in [0.1, 0.15) is 11.7 Å². The summed E-state index contributed by atoms with van der Waals surface area (Å²) in [6, 6.07) is 0. The summed E-state index contributed by atoms with van der Waals surface area (Å²) in [5, 5.41) is 9.72. The molecule has 0 aromatic heterocycles. The van der Waals surface area contributed by atoms with Crippen LogP contribution in [0.4, 0.5) is 0 Å². The van der Waals surface area contributed by atoms with Gasteiger partial charge in [-0.25, -0.2) is 0 Å². The Hall–Kier alpha value is -1.62. The molecule has 92 valence electrons. The van der Waals surface area contributed by atoms with Gasteiger partial charge in [-0.05, 0) is 19.9 Å². The van der Waals surface area contributed by atoms with Gasteiger partial charge in [-0.2, -0.15) is 0 Å². The van der Waals surface area contributed by atoms with Crippen LogP contribution < -0.4 is 0 Å². The maximum Gasteiger partial charge on any atom is 0.295 e. The van der Waals surface area contributed by atoms with Crippen LogP contribution in [-0.4, -0.2) is 35.0 Å². The number of aliphatic hydroxyl groups excluding tert-OH is 1. The molecule has 0 saturated heterocycles. The van der Waals surface area contributed by atoms with E-state index in [2.05, 4.69) is 0 Å². The quantitative estimate of drug-likeness (QED) is 0.531. The van der Waals surface area contributed by atoms with Gasteiger partial charge in [0.2, 0.25) is 5.78 Å². The van der Waals surface area contributed by atoms with Gasteiger partial charge in [0.05, 0.1) is 0 Å². The highest BCUT2D eigenvalue weighted by Gasteiger charge is 2.43. The first-order valence-corrected chi connectivity index (χ1v) is 5.50. The molecule has 1 N–H and O–H groups in total. The third-order valence-corrected chi connectivity index (χ3v) is 2.72. The Kier molecular flexibility index (Phi) is 3.02.